The average molecular weight is 292 g/mol. The number of benzene rings is 1. The van der Waals surface area contributed by atoms with Crippen LogP contribution >= 0.6 is 0 Å². The molecule has 1 N–H and O–H groups in total. The average Bonchev–Trinajstić information content (AvgIpc) is 2.34. The molecule has 0 fully saturated rings. The second-order valence-corrected chi connectivity index (χ2v) is 5.45. The fourth-order valence-corrected chi connectivity index (χ4v) is 2.42. The Hall–Kier alpha value is -1.59. The van der Waals surface area contributed by atoms with Crippen LogP contribution in [0.1, 0.15) is 18.4 Å². The number of halogens is 3. The van der Waals surface area contributed by atoms with E-state index in [4.69, 9.17) is 5.26 Å². The van der Waals surface area contributed by atoms with Crippen LogP contribution < -0.4 is 4.72 Å². The fourth-order valence-electron chi connectivity index (χ4n) is 1.30. The summed E-state index contributed by atoms with van der Waals surface area (Å²) >= 11 is 0. The van der Waals surface area contributed by atoms with E-state index in [1.54, 1.807) is 0 Å². The van der Waals surface area contributed by atoms with Gasteiger partial charge in [0.05, 0.1) is 16.5 Å². The minimum atomic E-state index is -4.59. The van der Waals surface area contributed by atoms with Gasteiger partial charge in [-0.05, 0) is 24.6 Å². The standard InChI is InChI=1S/C11H11F3N2O2S/c12-11(13,14)9-4-3-5-10(8-9)19(17,18)16-7-2-1-6-15/h3-5,8,16H,1-2,7H2. The van der Waals surface area contributed by atoms with Gasteiger partial charge in [0.25, 0.3) is 0 Å². The molecule has 0 aromatic heterocycles. The molecule has 1 rings (SSSR count). The van der Waals surface area contributed by atoms with Gasteiger partial charge in [-0.25, -0.2) is 13.1 Å². The number of unbranched alkanes of at least 4 members (excludes halogenated alkanes) is 1. The molecule has 19 heavy (non-hydrogen) atoms. The zero-order chi connectivity index (χ0) is 14.5. The summed E-state index contributed by atoms with van der Waals surface area (Å²) < 4.78 is 62.9. The van der Waals surface area contributed by atoms with Gasteiger partial charge in [-0.15, -0.1) is 0 Å². The van der Waals surface area contributed by atoms with E-state index in [0.717, 1.165) is 18.2 Å². The first-order valence-corrected chi connectivity index (χ1v) is 6.79. The third-order valence-corrected chi connectivity index (χ3v) is 3.69. The Morgan fingerprint density at radius 1 is 1.32 bits per heavy atom. The first kappa shape index (κ1) is 15.5. The van der Waals surface area contributed by atoms with Crippen molar-refractivity contribution < 1.29 is 21.6 Å². The van der Waals surface area contributed by atoms with E-state index in [2.05, 4.69) is 4.72 Å². The van der Waals surface area contributed by atoms with Crippen molar-refractivity contribution in [2.24, 2.45) is 0 Å². The number of nitrogens with zero attached hydrogens (tertiary/aromatic N) is 1. The highest BCUT2D eigenvalue weighted by Crippen LogP contribution is 2.30. The first-order valence-electron chi connectivity index (χ1n) is 5.31. The third-order valence-electron chi connectivity index (χ3n) is 2.23. The number of nitrogens with one attached hydrogen (secondary N) is 1. The minimum Gasteiger partial charge on any atom is -0.211 e. The molecular weight excluding hydrogens is 281 g/mol. The number of sulfonamides is 1. The molecule has 8 heteroatoms. The van der Waals surface area contributed by atoms with Crippen LogP contribution in [0.15, 0.2) is 29.2 Å². The highest BCUT2D eigenvalue weighted by molar-refractivity contribution is 7.89. The van der Waals surface area contributed by atoms with Gasteiger partial charge in [0.1, 0.15) is 0 Å². The summed E-state index contributed by atoms with van der Waals surface area (Å²) in [6.07, 6.45) is -4.12. The maximum atomic E-state index is 12.5. The van der Waals surface area contributed by atoms with E-state index < -0.39 is 26.7 Å². The van der Waals surface area contributed by atoms with Crippen LogP contribution in [0.3, 0.4) is 0 Å². The molecule has 0 radical (unpaired) electrons. The normalized spacial score (nSPS) is 12.1. The molecule has 0 unspecified atom stereocenters. The molecule has 0 aliphatic carbocycles. The molecule has 104 valence electrons. The van der Waals surface area contributed by atoms with Crippen molar-refractivity contribution in [2.45, 2.75) is 23.9 Å². The van der Waals surface area contributed by atoms with Crippen molar-refractivity contribution >= 4 is 10.0 Å². The highest BCUT2D eigenvalue weighted by Gasteiger charge is 2.31. The fraction of sp³-hybridized carbons (Fsp3) is 0.364. The number of nitriles is 1. The van der Waals surface area contributed by atoms with E-state index >= 15 is 0 Å². The van der Waals surface area contributed by atoms with E-state index in [-0.39, 0.29) is 13.0 Å². The van der Waals surface area contributed by atoms with Gasteiger partial charge in [-0.1, -0.05) is 6.07 Å². The Labute approximate surface area is 108 Å². The van der Waals surface area contributed by atoms with E-state index in [9.17, 15) is 21.6 Å². The van der Waals surface area contributed by atoms with Crippen LogP contribution in [-0.2, 0) is 16.2 Å². The van der Waals surface area contributed by atoms with Crippen LogP contribution in [0.25, 0.3) is 0 Å². The summed E-state index contributed by atoms with van der Waals surface area (Å²) in [5, 5.41) is 8.29. The van der Waals surface area contributed by atoms with Gasteiger partial charge in [0.2, 0.25) is 10.0 Å². The molecule has 0 amide bonds. The first-order chi connectivity index (χ1) is 8.77. The van der Waals surface area contributed by atoms with Gasteiger partial charge in [-0.2, -0.15) is 18.4 Å². The smallest absolute Gasteiger partial charge is 0.211 e. The lowest BCUT2D eigenvalue weighted by Gasteiger charge is -2.09. The lowest BCUT2D eigenvalue weighted by molar-refractivity contribution is -0.137. The van der Waals surface area contributed by atoms with E-state index in [1.807, 2.05) is 6.07 Å². The Balaban J connectivity index is 2.88. The highest BCUT2D eigenvalue weighted by atomic mass is 32.2. The van der Waals surface area contributed by atoms with Crippen LogP contribution in [0.4, 0.5) is 13.2 Å². The van der Waals surface area contributed by atoms with Crippen molar-refractivity contribution in [1.82, 2.24) is 4.72 Å². The maximum Gasteiger partial charge on any atom is 0.416 e. The Morgan fingerprint density at radius 2 is 2.00 bits per heavy atom. The number of hydrogen-bond acceptors (Lipinski definition) is 3. The second kappa shape index (κ2) is 6.04. The SMILES string of the molecule is N#CCCCNS(=O)(=O)c1cccc(C(F)(F)F)c1. The Morgan fingerprint density at radius 3 is 2.58 bits per heavy atom. The molecule has 0 aliphatic heterocycles. The summed E-state index contributed by atoms with van der Waals surface area (Å²) in [7, 11) is -3.98. The summed E-state index contributed by atoms with van der Waals surface area (Å²) in [6.45, 7) is 0.00609. The van der Waals surface area contributed by atoms with E-state index in [0.29, 0.717) is 12.5 Å². The molecule has 1 aromatic carbocycles. The molecule has 0 heterocycles. The van der Waals surface area contributed by atoms with E-state index in [1.165, 1.54) is 0 Å². The lowest BCUT2D eigenvalue weighted by Crippen LogP contribution is -2.25. The monoisotopic (exact) mass is 292 g/mol. The lowest BCUT2D eigenvalue weighted by atomic mass is 10.2. The summed E-state index contributed by atoms with van der Waals surface area (Å²) in [5.74, 6) is 0. The van der Waals surface area contributed by atoms with Crippen LogP contribution in [0, 0.1) is 11.3 Å². The molecule has 0 saturated heterocycles. The predicted molar refractivity (Wildman–Crippen MR) is 61.5 cm³/mol. The summed E-state index contributed by atoms with van der Waals surface area (Å²) in [4.78, 5) is -0.445. The topological polar surface area (TPSA) is 70.0 Å². The molecular formula is C11H11F3N2O2S. The van der Waals surface area contributed by atoms with Crippen LogP contribution in [0.2, 0.25) is 0 Å². The molecule has 0 atom stereocenters. The van der Waals surface area contributed by atoms with Gasteiger partial charge in [0.15, 0.2) is 0 Å². The number of alkyl halides is 3. The van der Waals surface area contributed by atoms with Gasteiger partial charge in [-0.3, -0.25) is 0 Å². The molecule has 0 aliphatic rings. The third kappa shape index (κ3) is 4.54. The largest absolute Gasteiger partial charge is 0.416 e. The maximum absolute atomic E-state index is 12.5. The molecule has 0 saturated carbocycles. The zero-order valence-corrected chi connectivity index (χ0v) is 10.6. The summed E-state index contributed by atoms with van der Waals surface area (Å²) in [5.41, 5.74) is -1.02. The quantitative estimate of drug-likeness (QED) is 0.846. The molecule has 0 bridgehead atoms. The Bertz CT molecular complexity index is 576. The van der Waals surface area contributed by atoms with Crippen molar-refractivity contribution in [2.75, 3.05) is 6.54 Å². The van der Waals surface area contributed by atoms with Crippen LogP contribution in [-0.4, -0.2) is 15.0 Å². The Kier molecular flexibility index (Phi) is 4.91. The molecule has 4 nitrogen and oxygen atoms in total. The van der Waals surface area contributed by atoms with Crippen LogP contribution in [0.5, 0.6) is 0 Å². The number of hydrogen-bond donors (Lipinski definition) is 1. The predicted octanol–water partition coefficient (Wildman–Crippen LogP) is 2.29. The molecule has 0 spiro atoms. The van der Waals surface area contributed by atoms with Crippen molar-refractivity contribution in [3.63, 3.8) is 0 Å². The van der Waals surface area contributed by atoms with Crippen molar-refractivity contribution in [3.05, 3.63) is 29.8 Å². The van der Waals surface area contributed by atoms with Crippen molar-refractivity contribution in [3.8, 4) is 6.07 Å². The van der Waals surface area contributed by atoms with Gasteiger partial charge >= 0.3 is 6.18 Å². The molecule has 1 aromatic rings. The van der Waals surface area contributed by atoms with Gasteiger partial charge in [0, 0.05) is 13.0 Å². The van der Waals surface area contributed by atoms with Crippen molar-refractivity contribution in [1.29, 1.82) is 5.26 Å². The zero-order valence-electron chi connectivity index (χ0n) is 9.74. The minimum absolute atomic E-state index is 0.00609. The second-order valence-electron chi connectivity index (χ2n) is 3.69. The van der Waals surface area contributed by atoms with Gasteiger partial charge < -0.3 is 0 Å². The number of rotatable bonds is 5. The summed E-state index contributed by atoms with van der Waals surface area (Å²) in [6, 6.07) is 5.34.